The number of rotatable bonds is 6. The highest BCUT2D eigenvalue weighted by Gasteiger charge is 2.54. The minimum absolute atomic E-state index is 0.0653. The number of halogens is 1. The molecule has 0 radical (unpaired) electrons. The Hall–Kier alpha value is -2.11. The molecule has 1 atom stereocenters. The summed E-state index contributed by atoms with van der Waals surface area (Å²) in [4.78, 5) is 12.3. The van der Waals surface area contributed by atoms with Crippen molar-refractivity contribution in [1.82, 2.24) is 0 Å². The molecule has 5 heteroatoms. The Labute approximate surface area is 180 Å². The normalized spacial score (nSPS) is 28.1. The topological polar surface area (TPSA) is 58.6 Å². The van der Waals surface area contributed by atoms with Crippen LogP contribution >= 0.6 is 15.9 Å². The largest absolute Gasteiger partial charge is 0.480 e. The Balaban J connectivity index is 1.62. The Morgan fingerprint density at radius 3 is 2.66 bits per heavy atom. The van der Waals surface area contributed by atoms with Crippen molar-refractivity contribution in [3.63, 3.8) is 0 Å². The van der Waals surface area contributed by atoms with Crippen LogP contribution < -0.4 is 5.32 Å². The maximum atomic E-state index is 12.3. The Bertz CT molecular complexity index is 918. The van der Waals surface area contributed by atoms with Gasteiger partial charge in [-0.1, -0.05) is 52.3 Å². The smallest absolute Gasteiger partial charge is 0.329 e. The van der Waals surface area contributed by atoms with Gasteiger partial charge in [-0.2, -0.15) is 0 Å². The number of anilines is 1. The molecule has 0 saturated heterocycles. The third-order valence-electron chi connectivity index (χ3n) is 6.60. The van der Waals surface area contributed by atoms with E-state index in [1.54, 1.807) is 6.08 Å². The van der Waals surface area contributed by atoms with Crippen LogP contribution in [0.4, 0.5) is 5.69 Å². The molecule has 0 amide bonds. The maximum Gasteiger partial charge on any atom is 0.329 e. The molecule has 0 aliphatic heterocycles. The van der Waals surface area contributed by atoms with E-state index in [4.69, 9.17) is 4.74 Å². The van der Waals surface area contributed by atoms with Crippen LogP contribution in [0.2, 0.25) is 0 Å². The molecule has 2 aromatic rings. The first kappa shape index (κ1) is 20.2. The van der Waals surface area contributed by atoms with Crippen molar-refractivity contribution in [2.24, 2.45) is 0 Å². The van der Waals surface area contributed by atoms with Gasteiger partial charge in [-0.15, -0.1) is 6.58 Å². The third kappa shape index (κ3) is 3.62. The highest BCUT2D eigenvalue weighted by Crippen LogP contribution is 2.52. The molecular weight excluding hydrogens is 430 g/mol. The summed E-state index contributed by atoms with van der Waals surface area (Å²) in [6.07, 6.45) is 5.39. The monoisotopic (exact) mass is 455 g/mol. The Morgan fingerprint density at radius 1 is 1.21 bits per heavy atom. The summed E-state index contributed by atoms with van der Waals surface area (Å²) in [6.45, 7) is 4.30. The van der Waals surface area contributed by atoms with Crippen molar-refractivity contribution in [2.75, 3.05) is 11.9 Å². The number of aliphatic carboxylic acids is 1. The van der Waals surface area contributed by atoms with Gasteiger partial charge in [0.1, 0.15) is 5.54 Å². The minimum Gasteiger partial charge on any atom is -0.480 e. The average Bonchev–Trinajstić information content (AvgIpc) is 3.01. The molecule has 0 bridgehead atoms. The second-order valence-electron chi connectivity index (χ2n) is 8.15. The van der Waals surface area contributed by atoms with E-state index in [9.17, 15) is 9.90 Å². The summed E-state index contributed by atoms with van der Waals surface area (Å²) in [5.41, 5.74) is 2.38. The van der Waals surface area contributed by atoms with E-state index in [-0.39, 0.29) is 11.5 Å². The molecule has 1 fully saturated rings. The lowest BCUT2D eigenvalue weighted by Crippen LogP contribution is -2.54. The van der Waals surface area contributed by atoms with Gasteiger partial charge >= 0.3 is 5.97 Å². The lowest BCUT2D eigenvalue weighted by atomic mass is 9.63. The van der Waals surface area contributed by atoms with E-state index in [0.29, 0.717) is 19.4 Å². The van der Waals surface area contributed by atoms with Crippen LogP contribution in [0.25, 0.3) is 0 Å². The highest BCUT2D eigenvalue weighted by atomic mass is 79.9. The van der Waals surface area contributed by atoms with E-state index in [1.807, 2.05) is 24.3 Å². The van der Waals surface area contributed by atoms with Gasteiger partial charge in [-0.25, -0.2) is 4.79 Å². The number of ether oxygens (including phenoxy) is 1. The minimum atomic E-state index is -0.966. The van der Waals surface area contributed by atoms with E-state index in [1.165, 1.54) is 11.1 Å². The summed E-state index contributed by atoms with van der Waals surface area (Å²) in [5.74, 6) is -0.790. The number of carboxylic acids is 1. The summed E-state index contributed by atoms with van der Waals surface area (Å²) in [5, 5.41) is 13.5. The molecule has 2 N–H and O–H groups in total. The van der Waals surface area contributed by atoms with Crippen LogP contribution in [0.3, 0.4) is 0 Å². The predicted molar refractivity (Wildman–Crippen MR) is 118 cm³/mol. The number of carbonyl (C=O) groups is 1. The molecule has 1 unspecified atom stereocenters. The molecular formula is C24H26BrNO3. The summed E-state index contributed by atoms with van der Waals surface area (Å²) >= 11 is 3.47. The Kier molecular flexibility index (Phi) is 5.54. The van der Waals surface area contributed by atoms with Crippen LogP contribution in [-0.4, -0.2) is 29.3 Å². The quantitative estimate of drug-likeness (QED) is 0.578. The van der Waals surface area contributed by atoms with Crippen molar-refractivity contribution < 1.29 is 14.6 Å². The zero-order valence-corrected chi connectivity index (χ0v) is 18.0. The molecule has 29 heavy (non-hydrogen) atoms. The molecule has 2 aromatic carbocycles. The first-order valence-electron chi connectivity index (χ1n) is 10.1. The van der Waals surface area contributed by atoms with Crippen LogP contribution in [0.1, 0.15) is 36.8 Å². The molecule has 152 valence electrons. The van der Waals surface area contributed by atoms with Crippen molar-refractivity contribution in [2.45, 2.75) is 49.2 Å². The average molecular weight is 456 g/mol. The van der Waals surface area contributed by atoms with Gasteiger partial charge < -0.3 is 15.2 Å². The second-order valence-corrected chi connectivity index (χ2v) is 9.07. The van der Waals surface area contributed by atoms with Gasteiger partial charge in [0.15, 0.2) is 0 Å². The van der Waals surface area contributed by atoms with Gasteiger partial charge in [-0.05, 0) is 61.4 Å². The van der Waals surface area contributed by atoms with E-state index < -0.39 is 11.5 Å². The lowest BCUT2D eigenvalue weighted by molar-refractivity contribution is -0.144. The number of fused-ring (bicyclic) bond motifs is 2. The second kappa shape index (κ2) is 7.96. The van der Waals surface area contributed by atoms with Crippen molar-refractivity contribution in [1.29, 1.82) is 0 Å². The van der Waals surface area contributed by atoms with E-state index in [2.05, 4.69) is 52.1 Å². The number of hydrogen-bond donors (Lipinski definition) is 2. The van der Waals surface area contributed by atoms with Gasteiger partial charge in [0.25, 0.3) is 0 Å². The van der Waals surface area contributed by atoms with Gasteiger partial charge in [0, 0.05) is 15.6 Å². The molecule has 1 spiro atoms. The predicted octanol–water partition coefficient (Wildman–Crippen LogP) is 5.32. The zero-order valence-electron chi connectivity index (χ0n) is 16.4. The molecule has 0 aromatic heterocycles. The Morgan fingerprint density at radius 2 is 1.97 bits per heavy atom. The van der Waals surface area contributed by atoms with Gasteiger partial charge in [0.05, 0.1) is 12.7 Å². The zero-order chi connectivity index (χ0) is 20.5. The summed E-state index contributed by atoms with van der Waals surface area (Å²) < 4.78 is 7.13. The van der Waals surface area contributed by atoms with Crippen LogP contribution in [0.5, 0.6) is 0 Å². The molecule has 2 aliphatic carbocycles. The number of carboxylic acid groups (broad SMARTS) is 1. The fourth-order valence-corrected chi connectivity index (χ4v) is 5.50. The first-order valence-corrected chi connectivity index (χ1v) is 10.9. The number of benzene rings is 2. The van der Waals surface area contributed by atoms with Crippen LogP contribution in [-0.2, 0) is 21.4 Å². The van der Waals surface area contributed by atoms with Crippen molar-refractivity contribution in [3.8, 4) is 0 Å². The standard InChI is InChI=1S/C24H26BrNO3/c1-2-14-29-21-15-17-6-3-4-9-20(17)23(21)10-12-24(13-11-23,22(27)28)26-19-8-5-7-18(25)16-19/h2-9,16,21,26H,1,10-15H2,(H,27,28). The molecule has 0 heterocycles. The molecule has 4 rings (SSSR count). The summed E-state index contributed by atoms with van der Waals surface area (Å²) in [6, 6.07) is 16.2. The maximum absolute atomic E-state index is 12.3. The SMILES string of the molecule is C=CCOC1Cc2ccccc2C12CCC(Nc1cccc(Br)c1)(C(=O)O)CC2. The van der Waals surface area contributed by atoms with E-state index in [0.717, 1.165) is 29.4 Å². The summed E-state index contributed by atoms with van der Waals surface area (Å²) in [7, 11) is 0. The first-order chi connectivity index (χ1) is 14.0. The van der Waals surface area contributed by atoms with Crippen LogP contribution in [0.15, 0.2) is 65.7 Å². The molecule has 4 nitrogen and oxygen atoms in total. The molecule has 2 aliphatic rings. The third-order valence-corrected chi connectivity index (χ3v) is 7.10. The van der Waals surface area contributed by atoms with E-state index >= 15 is 0 Å². The van der Waals surface area contributed by atoms with Crippen molar-refractivity contribution in [3.05, 3.63) is 76.8 Å². The lowest BCUT2D eigenvalue weighted by Gasteiger charge is -2.46. The fraction of sp³-hybridized carbons (Fsp3) is 0.375. The number of nitrogens with one attached hydrogen (secondary N) is 1. The highest BCUT2D eigenvalue weighted by molar-refractivity contribution is 9.10. The number of hydrogen-bond acceptors (Lipinski definition) is 3. The van der Waals surface area contributed by atoms with Crippen molar-refractivity contribution >= 4 is 27.6 Å². The molecule has 1 saturated carbocycles. The van der Waals surface area contributed by atoms with Gasteiger partial charge in [0.2, 0.25) is 0 Å². The van der Waals surface area contributed by atoms with Crippen LogP contribution in [0, 0.1) is 0 Å². The van der Waals surface area contributed by atoms with Gasteiger partial charge in [-0.3, -0.25) is 0 Å². The fourth-order valence-electron chi connectivity index (χ4n) is 5.10.